The molecular formula is C18H16FN3O3S2. The Hall–Kier alpha value is -2.78. The highest BCUT2D eigenvalue weighted by molar-refractivity contribution is 7.92. The molecule has 0 radical (unpaired) electrons. The lowest BCUT2D eigenvalue weighted by Crippen LogP contribution is -2.12. The topological polar surface area (TPSA) is 88.2 Å². The molecule has 1 aromatic heterocycles. The van der Waals surface area contributed by atoms with Crippen molar-refractivity contribution < 1.29 is 17.6 Å². The van der Waals surface area contributed by atoms with Gasteiger partial charge in [-0.3, -0.25) is 14.8 Å². The average Bonchev–Trinajstić information content (AvgIpc) is 2.95. The Balaban J connectivity index is 1.74. The highest BCUT2D eigenvalue weighted by atomic mass is 32.2. The van der Waals surface area contributed by atoms with Crippen LogP contribution >= 0.6 is 11.3 Å². The predicted octanol–water partition coefficient (Wildman–Crippen LogP) is 3.88. The monoisotopic (exact) mass is 405 g/mol. The van der Waals surface area contributed by atoms with Gasteiger partial charge in [-0.2, -0.15) is 0 Å². The van der Waals surface area contributed by atoms with Crippen LogP contribution in [0.3, 0.4) is 0 Å². The molecule has 6 nitrogen and oxygen atoms in total. The second-order valence-corrected chi connectivity index (χ2v) is 8.79. The molecule has 3 rings (SSSR count). The number of carbonyl (C=O) groups excluding carboxylic acids is 1. The Kier molecular flexibility index (Phi) is 5.24. The van der Waals surface area contributed by atoms with Crippen molar-refractivity contribution in [2.75, 3.05) is 16.3 Å². The Morgan fingerprint density at radius 2 is 1.70 bits per heavy atom. The van der Waals surface area contributed by atoms with Crippen molar-refractivity contribution in [3.8, 4) is 11.3 Å². The number of thiazole rings is 1. The fourth-order valence-electron chi connectivity index (χ4n) is 2.40. The molecule has 0 aliphatic rings. The van der Waals surface area contributed by atoms with Gasteiger partial charge >= 0.3 is 0 Å². The van der Waals surface area contributed by atoms with Crippen LogP contribution < -0.4 is 10.0 Å². The van der Waals surface area contributed by atoms with Crippen molar-refractivity contribution in [1.82, 2.24) is 4.98 Å². The van der Waals surface area contributed by atoms with E-state index in [9.17, 15) is 17.6 Å². The largest absolute Gasteiger partial charge is 0.298 e. The molecule has 27 heavy (non-hydrogen) atoms. The summed E-state index contributed by atoms with van der Waals surface area (Å²) in [6.07, 6.45) is 1.05. The van der Waals surface area contributed by atoms with Crippen molar-refractivity contribution in [2.24, 2.45) is 0 Å². The van der Waals surface area contributed by atoms with Gasteiger partial charge in [0.25, 0.3) is 5.91 Å². The van der Waals surface area contributed by atoms with E-state index >= 15 is 0 Å². The van der Waals surface area contributed by atoms with Crippen LogP contribution in [0.15, 0.2) is 48.5 Å². The Morgan fingerprint density at radius 1 is 1.07 bits per heavy atom. The van der Waals surface area contributed by atoms with Crippen LogP contribution in [0.1, 0.15) is 15.2 Å². The lowest BCUT2D eigenvalue weighted by Gasteiger charge is -2.05. The molecule has 0 saturated carbocycles. The van der Waals surface area contributed by atoms with Gasteiger partial charge in [-0.1, -0.05) is 0 Å². The highest BCUT2D eigenvalue weighted by Gasteiger charge is 2.13. The second kappa shape index (κ2) is 7.45. The van der Waals surface area contributed by atoms with Crippen LogP contribution in [0, 0.1) is 12.7 Å². The summed E-state index contributed by atoms with van der Waals surface area (Å²) in [4.78, 5) is 17.7. The Morgan fingerprint density at radius 3 is 2.30 bits per heavy atom. The number of aromatic nitrogens is 1. The molecular weight excluding hydrogens is 389 g/mol. The number of sulfonamides is 1. The number of benzene rings is 2. The normalized spacial score (nSPS) is 11.2. The van der Waals surface area contributed by atoms with Gasteiger partial charge in [0.2, 0.25) is 10.0 Å². The molecule has 0 unspecified atom stereocenters. The molecule has 1 heterocycles. The average molecular weight is 405 g/mol. The summed E-state index contributed by atoms with van der Waals surface area (Å²) < 4.78 is 37.8. The zero-order valence-electron chi connectivity index (χ0n) is 14.5. The van der Waals surface area contributed by atoms with Crippen LogP contribution in [0.25, 0.3) is 11.3 Å². The van der Waals surface area contributed by atoms with Crippen LogP contribution in [0.2, 0.25) is 0 Å². The molecule has 0 fully saturated rings. The number of nitrogens with zero attached hydrogens (tertiary/aromatic N) is 1. The smallest absolute Gasteiger partial charge is 0.257 e. The lowest BCUT2D eigenvalue weighted by molar-refractivity contribution is 0.102. The number of halogens is 1. The number of hydrogen-bond acceptors (Lipinski definition) is 5. The van der Waals surface area contributed by atoms with E-state index in [1.54, 1.807) is 12.1 Å². The van der Waals surface area contributed by atoms with Gasteiger partial charge in [-0.15, -0.1) is 11.3 Å². The molecule has 2 N–H and O–H groups in total. The van der Waals surface area contributed by atoms with Crippen LogP contribution in [0.4, 0.5) is 15.2 Å². The third-order valence-electron chi connectivity index (χ3n) is 3.59. The van der Waals surface area contributed by atoms with Gasteiger partial charge < -0.3 is 0 Å². The standard InChI is InChI=1S/C18H16FN3O3S2/c1-11-16(12-3-7-14(19)8-4-12)20-18(26-11)21-17(23)13-5-9-15(10-6-13)22-27(2,24)25/h3-10,22H,1-2H3,(H,20,21,23). The van der Waals surface area contributed by atoms with Gasteiger partial charge in [0.05, 0.1) is 11.9 Å². The summed E-state index contributed by atoms with van der Waals surface area (Å²) in [6.45, 7) is 1.87. The first-order valence-corrected chi connectivity index (χ1v) is 10.5. The zero-order valence-corrected chi connectivity index (χ0v) is 16.1. The van der Waals surface area contributed by atoms with Crippen molar-refractivity contribution in [3.05, 3.63) is 64.8 Å². The second-order valence-electron chi connectivity index (χ2n) is 5.84. The molecule has 0 aliphatic heterocycles. The summed E-state index contributed by atoms with van der Waals surface area (Å²) >= 11 is 1.32. The molecule has 0 saturated heterocycles. The van der Waals surface area contributed by atoms with Gasteiger partial charge in [-0.05, 0) is 55.5 Å². The predicted molar refractivity (Wildman–Crippen MR) is 105 cm³/mol. The highest BCUT2D eigenvalue weighted by Crippen LogP contribution is 2.30. The first-order valence-electron chi connectivity index (χ1n) is 7.84. The lowest BCUT2D eigenvalue weighted by atomic mass is 10.1. The third kappa shape index (κ3) is 4.89. The first kappa shape index (κ1) is 19.0. The maximum atomic E-state index is 13.1. The molecule has 2 aromatic carbocycles. The number of amides is 1. The molecule has 0 aliphatic carbocycles. The summed E-state index contributed by atoms with van der Waals surface area (Å²) in [7, 11) is -3.37. The molecule has 3 aromatic rings. The van der Waals surface area contributed by atoms with Crippen molar-refractivity contribution >= 4 is 38.1 Å². The number of nitrogens with one attached hydrogen (secondary N) is 2. The fraction of sp³-hybridized carbons (Fsp3) is 0.111. The Bertz CT molecular complexity index is 1080. The van der Waals surface area contributed by atoms with Crippen LogP contribution in [-0.2, 0) is 10.0 Å². The zero-order chi connectivity index (χ0) is 19.6. The van der Waals surface area contributed by atoms with E-state index in [4.69, 9.17) is 0 Å². The van der Waals surface area contributed by atoms with E-state index in [1.807, 2.05) is 6.92 Å². The minimum absolute atomic E-state index is 0.325. The van der Waals surface area contributed by atoms with E-state index in [-0.39, 0.29) is 11.7 Å². The minimum atomic E-state index is -3.37. The maximum absolute atomic E-state index is 13.1. The quantitative estimate of drug-likeness (QED) is 0.674. The molecule has 1 amide bonds. The van der Waals surface area contributed by atoms with Crippen molar-refractivity contribution in [2.45, 2.75) is 6.92 Å². The molecule has 140 valence electrons. The number of hydrogen-bond donors (Lipinski definition) is 2. The minimum Gasteiger partial charge on any atom is -0.298 e. The number of aryl methyl sites for hydroxylation is 1. The number of rotatable bonds is 5. The number of carbonyl (C=O) groups is 1. The van der Waals surface area contributed by atoms with Crippen LogP contribution in [0.5, 0.6) is 0 Å². The third-order valence-corrected chi connectivity index (χ3v) is 5.08. The van der Waals surface area contributed by atoms with E-state index in [0.29, 0.717) is 22.1 Å². The molecule has 0 atom stereocenters. The van der Waals surface area contributed by atoms with Gasteiger partial charge in [0.1, 0.15) is 5.82 Å². The molecule has 0 bridgehead atoms. The van der Waals surface area contributed by atoms with E-state index in [1.165, 1.54) is 47.7 Å². The van der Waals surface area contributed by atoms with Crippen molar-refractivity contribution in [3.63, 3.8) is 0 Å². The molecule has 0 spiro atoms. The maximum Gasteiger partial charge on any atom is 0.257 e. The Labute approximate surface area is 160 Å². The van der Waals surface area contributed by atoms with Crippen LogP contribution in [-0.4, -0.2) is 25.6 Å². The summed E-state index contributed by atoms with van der Waals surface area (Å²) in [6, 6.07) is 12.0. The summed E-state index contributed by atoms with van der Waals surface area (Å²) in [5.74, 6) is -0.686. The van der Waals surface area contributed by atoms with Gasteiger partial charge in [-0.25, -0.2) is 17.8 Å². The van der Waals surface area contributed by atoms with E-state index in [2.05, 4.69) is 15.0 Å². The van der Waals surface area contributed by atoms with Gasteiger partial charge in [0.15, 0.2) is 5.13 Å². The number of anilines is 2. The molecule has 9 heteroatoms. The summed E-state index contributed by atoms with van der Waals surface area (Å²) in [5.41, 5.74) is 2.19. The van der Waals surface area contributed by atoms with E-state index in [0.717, 1.165) is 16.7 Å². The van der Waals surface area contributed by atoms with E-state index < -0.39 is 10.0 Å². The first-order chi connectivity index (χ1) is 12.7. The van der Waals surface area contributed by atoms with Crippen molar-refractivity contribution in [1.29, 1.82) is 0 Å². The van der Waals surface area contributed by atoms with Gasteiger partial charge in [0, 0.05) is 21.7 Å². The fourth-order valence-corrected chi connectivity index (χ4v) is 3.79. The summed E-state index contributed by atoms with van der Waals surface area (Å²) in [5, 5.41) is 3.15. The SMILES string of the molecule is Cc1sc(NC(=O)c2ccc(NS(C)(=O)=O)cc2)nc1-c1ccc(F)cc1.